The molecule has 1 saturated carbocycles. The molecule has 0 aliphatic heterocycles. The third-order valence-electron chi connectivity index (χ3n) is 4.89. The third kappa shape index (κ3) is 3.57. The number of nitrogens with zero attached hydrogens (tertiary/aromatic N) is 2. The molecule has 0 bridgehead atoms. The number of benzene rings is 1. The van der Waals surface area contributed by atoms with Crippen molar-refractivity contribution >= 4 is 11.6 Å². The van der Waals surface area contributed by atoms with E-state index < -0.39 is 17.6 Å². The molecule has 1 aromatic heterocycles. The lowest BCUT2D eigenvalue weighted by Crippen LogP contribution is -2.20. The molecule has 1 aliphatic rings. The predicted molar refractivity (Wildman–Crippen MR) is 92.6 cm³/mol. The second kappa shape index (κ2) is 6.94. The molecule has 2 atom stereocenters. The van der Waals surface area contributed by atoms with E-state index in [2.05, 4.69) is 24.3 Å². The fourth-order valence-corrected chi connectivity index (χ4v) is 2.99. The molecule has 1 aliphatic carbocycles. The van der Waals surface area contributed by atoms with E-state index in [0.29, 0.717) is 11.6 Å². The van der Waals surface area contributed by atoms with Crippen molar-refractivity contribution in [2.45, 2.75) is 57.9 Å². The Bertz CT molecular complexity index is 783. The van der Waals surface area contributed by atoms with Crippen molar-refractivity contribution < 1.29 is 13.6 Å². The Morgan fingerprint density at radius 3 is 2.68 bits per heavy atom. The average Bonchev–Trinajstić information content (AvgIpc) is 3.34. The van der Waals surface area contributed by atoms with E-state index >= 15 is 0 Å². The number of anilines is 1. The van der Waals surface area contributed by atoms with Crippen LogP contribution in [0.5, 0.6) is 0 Å². The van der Waals surface area contributed by atoms with E-state index in [4.69, 9.17) is 0 Å². The summed E-state index contributed by atoms with van der Waals surface area (Å²) in [6.45, 7) is 5.81. The van der Waals surface area contributed by atoms with Crippen LogP contribution in [0.3, 0.4) is 0 Å². The number of rotatable bonds is 6. The van der Waals surface area contributed by atoms with Gasteiger partial charge in [-0.1, -0.05) is 13.0 Å². The molecule has 2 unspecified atom stereocenters. The summed E-state index contributed by atoms with van der Waals surface area (Å²) >= 11 is 0. The standard InChI is InChI=1S/C19H23F2N3O/c1-4-11(2)24-18(13-5-6-13)17(10-22-24)23-19(25)12(3)15-8-7-14(20)9-16(15)21/h7-13H,4-6H2,1-3H3,(H,23,25). The molecule has 0 spiro atoms. The van der Waals surface area contributed by atoms with E-state index in [0.717, 1.165) is 31.0 Å². The molecule has 1 amide bonds. The van der Waals surface area contributed by atoms with Gasteiger partial charge in [-0.25, -0.2) is 8.78 Å². The van der Waals surface area contributed by atoms with Gasteiger partial charge in [0, 0.05) is 23.6 Å². The summed E-state index contributed by atoms with van der Waals surface area (Å²) in [7, 11) is 0. The van der Waals surface area contributed by atoms with Crippen molar-refractivity contribution in [2.75, 3.05) is 5.32 Å². The van der Waals surface area contributed by atoms with Crippen LogP contribution in [0.1, 0.15) is 69.2 Å². The van der Waals surface area contributed by atoms with Crippen molar-refractivity contribution in [2.24, 2.45) is 0 Å². The van der Waals surface area contributed by atoms with Crippen LogP contribution in [0.15, 0.2) is 24.4 Å². The second-order valence-electron chi connectivity index (χ2n) is 6.80. The minimum Gasteiger partial charge on any atom is -0.323 e. The van der Waals surface area contributed by atoms with Gasteiger partial charge in [-0.3, -0.25) is 9.48 Å². The van der Waals surface area contributed by atoms with E-state index in [1.54, 1.807) is 13.1 Å². The maximum absolute atomic E-state index is 13.9. The molecule has 2 aromatic rings. The molecule has 25 heavy (non-hydrogen) atoms. The van der Waals surface area contributed by atoms with Gasteiger partial charge in [-0.2, -0.15) is 5.10 Å². The van der Waals surface area contributed by atoms with Gasteiger partial charge >= 0.3 is 0 Å². The van der Waals surface area contributed by atoms with Crippen molar-refractivity contribution in [3.8, 4) is 0 Å². The Hall–Kier alpha value is -2.24. The van der Waals surface area contributed by atoms with Crippen LogP contribution < -0.4 is 5.32 Å². The summed E-state index contributed by atoms with van der Waals surface area (Å²) in [6, 6.07) is 3.54. The van der Waals surface area contributed by atoms with Gasteiger partial charge in [-0.05, 0) is 39.2 Å². The quantitative estimate of drug-likeness (QED) is 0.819. The zero-order valence-corrected chi connectivity index (χ0v) is 14.7. The zero-order chi connectivity index (χ0) is 18.1. The van der Waals surface area contributed by atoms with Crippen LogP contribution in [0.25, 0.3) is 0 Å². The number of amides is 1. The van der Waals surface area contributed by atoms with Crippen LogP contribution >= 0.6 is 0 Å². The van der Waals surface area contributed by atoms with Crippen LogP contribution in [0, 0.1) is 11.6 Å². The fraction of sp³-hybridized carbons (Fsp3) is 0.474. The lowest BCUT2D eigenvalue weighted by atomic mass is 9.99. The zero-order valence-electron chi connectivity index (χ0n) is 14.7. The molecule has 0 radical (unpaired) electrons. The summed E-state index contributed by atoms with van der Waals surface area (Å²) < 4.78 is 29.0. The second-order valence-corrected chi connectivity index (χ2v) is 6.80. The van der Waals surface area contributed by atoms with Crippen molar-refractivity contribution in [1.82, 2.24) is 9.78 Å². The van der Waals surface area contributed by atoms with E-state index in [-0.39, 0.29) is 17.5 Å². The summed E-state index contributed by atoms with van der Waals surface area (Å²) in [6.07, 6.45) is 4.80. The fourth-order valence-electron chi connectivity index (χ4n) is 2.99. The third-order valence-corrected chi connectivity index (χ3v) is 4.89. The first-order chi connectivity index (χ1) is 11.9. The topological polar surface area (TPSA) is 46.9 Å². The summed E-state index contributed by atoms with van der Waals surface area (Å²) in [5.74, 6) is -1.99. The average molecular weight is 347 g/mol. The first-order valence-electron chi connectivity index (χ1n) is 8.75. The monoisotopic (exact) mass is 347 g/mol. The van der Waals surface area contributed by atoms with Gasteiger partial charge in [-0.15, -0.1) is 0 Å². The van der Waals surface area contributed by atoms with Gasteiger partial charge in [0.25, 0.3) is 0 Å². The van der Waals surface area contributed by atoms with Crippen molar-refractivity contribution in [3.63, 3.8) is 0 Å². The van der Waals surface area contributed by atoms with Gasteiger partial charge in [0.2, 0.25) is 5.91 Å². The Kier molecular flexibility index (Phi) is 4.88. The lowest BCUT2D eigenvalue weighted by molar-refractivity contribution is -0.117. The van der Waals surface area contributed by atoms with Gasteiger partial charge in [0.1, 0.15) is 11.6 Å². The maximum atomic E-state index is 13.9. The number of carbonyl (C=O) groups is 1. The molecular formula is C19H23F2N3O. The molecule has 4 nitrogen and oxygen atoms in total. The first-order valence-corrected chi connectivity index (χ1v) is 8.75. The van der Waals surface area contributed by atoms with Crippen LogP contribution in [-0.2, 0) is 4.79 Å². The molecule has 6 heteroatoms. The summed E-state index contributed by atoms with van der Waals surface area (Å²) in [5, 5.41) is 7.33. The minimum absolute atomic E-state index is 0.182. The van der Waals surface area contributed by atoms with E-state index in [1.807, 2.05) is 4.68 Å². The van der Waals surface area contributed by atoms with Crippen LogP contribution in [0.4, 0.5) is 14.5 Å². The highest BCUT2D eigenvalue weighted by Gasteiger charge is 2.32. The molecule has 0 saturated heterocycles. The van der Waals surface area contributed by atoms with E-state index in [1.165, 1.54) is 12.1 Å². The maximum Gasteiger partial charge on any atom is 0.231 e. The number of hydrogen-bond donors (Lipinski definition) is 1. The van der Waals surface area contributed by atoms with Crippen LogP contribution in [-0.4, -0.2) is 15.7 Å². The number of nitrogens with one attached hydrogen (secondary N) is 1. The number of hydrogen-bond acceptors (Lipinski definition) is 2. The summed E-state index contributed by atoms with van der Waals surface area (Å²) in [5.41, 5.74) is 1.93. The van der Waals surface area contributed by atoms with Gasteiger partial charge in [0.15, 0.2) is 0 Å². The highest BCUT2D eigenvalue weighted by molar-refractivity contribution is 5.96. The summed E-state index contributed by atoms with van der Waals surface area (Å²) in [4.78, 5) is 12.6. The first kappa shape index (κ1) is 17.6. The van der Waals surface area contributed by atoms with Gasteiger partial charge in [0.05, 0.1) is 23.5 Å². The molecule has 134 valence electrons. The largest absolute Gasteiger partial charge is 0.323 e. The Morgan fingerprint density at radius 1 is 1.36 bits per heavy atom. The Balaban J connectivity index is 1.82. The highest BCUT2D eigenvalue weighted by atomic mass is 19.1. The minimum atomic E-state index is -0.723. The number of halogens is 2. The predicted octanol–water partition coefficient (Wildman–Crippen LogP) is 4.75. The molecular weight excluding hydrogens is 324 g/mol. The molecule has 1 N–H and O–H groups in total. The van der Waals surface area contributed by atoms with Crippen molar-refractivity contribution in [3.05, 3.63) is 47.3 Å². The van der Waals surface area contributed by atoms with Crippen molar-refractivity contribution in [1.29, 1.82) is 0 Å². The Morgan fingerprint density at radius 2 is 2.08 bits per heavy atom. The van der Waals surface area contributed by atoms with Crippen LogP contribution in [0.2, 0.25) is 0 Å². The normalized spacial score (nSPS) is 16.5. The molecule has 1 heterocycles. The number of carbonyl (C=O) groups excluding carboxylic acids is 1. The molecule has 3 rings (SSSR count). The highest BCUT2D eigenvalue weighted by Crippen LogP contribution is 2.44. The molecule has 1 fully saturated rings. The number of aromatic nitrogens is 2. The lowest BCUT2D eigenvalue weighted by Gasteiger charge is -2.16. The SMILES string of the molecule is CCC(C)n1ncc(NC(=O)C(C)c2ccc(F)cc2F)c1C1CC1. The molecule has 1 aromatic carbocycles. The van der Waals surface area contributed by atoms with Gasteiger partial charge < -0.3 is 5.32 Å². The Labute approximate surface area is 146 Å². The smallest absolute Gasteiger partial charge is 0.231 e. The van der Waals surface area contributed by atoms with E-state index in [9.17, 15) is 13.6 Å².